The largest absolute Gasteiger partial charge is 0.380 e. The number of benzene rings is 3. The quantitative estimate of drug-likeness (QED) is 0.114. The molecule has 1 atom stereocenters. The van der Waals surface area contributed by atoms with Crippen molar-refractivity contribution in [1.29, 1.82) is 0 Å². The van der Waals surface area contributed by atoms with Gasteiger partial charge in [-0.3, -0.25) is 24.7 Å². The number of rotatable bonds is 12. The van der Waals surface area contributed by atoms with Gasteiger partial charge in [-0.15, -0.1) is 0 Å². The van der Waals surface area contributed by atoms with Gasteiger partial charge in [-0.2, -0.15) is 4.98 Å². The van der Waals surface area contributed by atoms with Crippen LogP contribution in [0.15, 0.2) is 83.6 Å². The average molecular weight is 880 g/mol. The Balaban J connectivity index is 0.785. The Morgan fingerprint density at radius 1 is 0.862 bits per heavy atom. The van der Waals surface area contributed by atoms with E-state index in [1.807, 2.05) is 52.0 Å². The lowest BCUT2D eigenvalue weighted by molar-refractivity contribution is -0.120. The van der Waals surface area contributed by atoms with Crippen LogP contribution in [0.3, 0.4) is 0 Å². The number of aromatic amines is 1. The number of nitrogens with one attached hydrogen (secondary N) is 3. The Hall–Kier alpha value is -6.65. The molecule has 3 saturated heterocycles. The number of ether oxygens (including phenoxy) is 1. The van der Waals surface area contributed by atoms with E-state index in [2.05, 4.69) is 94.0 Å². The van der Waals surface area contributed by atoms with Gasteiger partial charge in [0.05, 0.1) is 18.3 Å². The van der Waals surface area contributed by atoms with Crippen molar-refractivity contribution in [3.63, 3.8) is 0 Å². The van der Waals surface area contributed by atoms with Crippen molar-refractivity contribution in [3.05, 3.63) is 102 Å². The molecule has 16 nitrogen and oxygen atoms in total. The molecule has 4 amide bonds. The number of piperazine rings is 1. The topological polar surface area (TPSA) is 178 Å². The van der Waals surface area contributed by atoms with Gasteiger partial charge in [0.15, 0.2) is 5.82 Å². The molecule has 6 aromatic rings. The molecule has 3 aliphatic rings. The van der Waals surface area contributed by atoms with Crippen molar-refractivity contribution < 1.29 is 23.6 Å². The first-order valence-corrected chi connectivity index (χ1v) is 22.5. The van der Waals surface area contributed by atoms with Crippen LogP contribution in [0.5, 0.6) is 0 Å². The fourth-order valence-electron chi connectivity index (χ4n) is 9.17. The first kappa shape index (κ1) is 43.6. The Kier molecular flexibility index (Phi) is 12.4. The molecule has 65 heavy (non-hydrogen) atoms. The van der Waals surface area contributed by atoms with Crippen LogP contribution < -0.4 is 25.3 Å². The highest BCUT2D eigenvalue weighted by atomic mass is 16.5. The van der Waals surface area contributed by atoms with Crippen molar-refractivity contribution in [1.82, 2.24) is 40.6 Å². The monoisotopic (exact) mass is 879 g/mol. The summed E-state index contributed by atoms with van der Waals surface area (Å²) in [6.45, 7) is 15.8. The third-order valence-corrected chi connectivity index (χ3v) is 12.9. The van der Waals surface area contributed by atoms with E-state index in [9.17, 15) is 14.4 Å². The van der Waals surface area contributed by atoms with Crippen LogP contribution in [0.25, 0.3) is 33.5 Å². The summed E-state index contributed by atoms with van der Waals surface area (Å²) in [7, 11) is 1.65. The van der Waals surface area contributed by atoms with E-state index in [0.717, 1.165) is 109 Å². The fraction of sp³-hybridized carbons (Fsp3) is 0.408. The van der Waals surface area contributed by atoms with E-state index in [1.54, 1.807) is 18.3 Å². The van der Waals surface area contributed by atoms with E-state index < -0.39 is 5.91 Å². The summed E-state index contributed by atoms with van der Waals surface area (Å²) in [4.78, 5) is 63.2. The summed E-state index contributed by atoms with van der Waals surface area (Å²) in [6, 6.07) is 24.4. The van der Waals surface area contributed by atoms with Crippen molar-refractivity contribution >= 4 is 45.9 Å². The maximum Gasteiger partial charge on any atom is 0.328 e. The number of anilines is 3. The van der Waals surface area contributed by atoms with Crippen LogP contribution in [0.4, 0.5) is 21.9 Å². The number of fused-ring (bicyclic) bond motifs is 1. The normalized spacial score (nSPS) is 17.2. The molecule has 3 fully saturated rings. The fourth-order valence-corrected chi connectivity index (χ4v) is 9.17. The van der Waals surface area contributed by atoms with Crippen LogP contribution in [0.1, 0.15) is 80.6 Å². The number of amides is 4. The van der Waals surface area contributed by atoms with Crippen LogP contribution in [0.2, 0.25) is 0 Å². The molecule has 3 aliphatic heterocycles. The highest BCUT2D eigenvalue weighted by molar-refractivity contribution is 6.05. The third-order valence-electron chi connectivity index (χ3n) is 12.9. The van der Waals surface area contributed by atoms with Crippen molar-refractivity contribution in [2.75, 3.05) is 74.2 Å². The number of urea groups is 1. The summed E-state index contributed by atoms with van der Waals surface area (Å²) < 4.78 is 10.9. The van der Waals surface area contributed by atoms with E-state index in [0.29, 0.717) is 31.3 Å². The molecule has 3 N–H and O–H groups in total. The number of hydrogen-bond donors (Lipinski definition) is 3. The number of H-pyrrole nitrogens is 1. The van der Waals surface area contributed by atoms with Crippen LogP contribution in [-0.2, 0) is 21.6 Å². The molecule has 338 valence electrons. The summed E-state index contributed by atoms with van der Waals surface area (Å²) >= 11 is 0. The lowest BCUT2D eigenvalue weighted by Crippen LogP contribution is -2.49. The standard InChI is InChI=1S/C49H57N11O5/c1-31(52-45(62)46-55-47(56-65-46)49(2,3)4)39-15-8-34(26-35(39)29-64-5)43-40-27-41(53-44(40)51-30-50-43)33-6-9-36(10-7-33)59-24-22-57(23-25-59)28-32-16-19-58(20-17-32)37-11-13-38(14-12-37)60-21-18-42(61)54-48(60)63/h6-15,26-27,30-32H,16-25,28-29H2,1-5H3,(H,52,62)(H,50,51,53)(H,54,61,63)/t31-/m1/s1. The smallest absolute Gasteiger partial charge is 0.328 e. The second kappa shape index (κ2) is 18.4. The minimum atomic E-state index is -0.435. The number of imide groups is 1. The number of methoxy groups -OCH3 is 1. The number of carbonyl (C=O) groups is 3. The van der Waals surface area contributed by atoms with Gasteiger partial charge < -0.3 is 29.4 Å². The highest BCUT2D eigenvalue weighted by Crippen LogP contribution is 2.34. The molecule has 0 aliphatic carbocycles. The number of piperidine rings is 1. The van der Waals surface area contributed by atoms with Crippen molar-refractivity contribution in [3.8, 4) is 22.5 Å². The number of nitrogens with zero attached hydrogens (tertiary/aromatic N) is 8. The summed E-state index contributed by atoms with van der Waals surface area (Å²) in [6.07, 6.45) is 4.22. The van der Waals surface area contributed by atoms with Crippen LogP contribution in [0, 0.1) is 5.92 Å². The first-order chi connectivity index (χ1) is 31.4. The van der Waals surface area contributed by atoms with Crippen LogP contribution >= 0.6 is 0 Å². The maximum atomic E-state index is 13.1. The summed E-state index contributed by atoms with van der Waals surface area (Å²) in [5.74, 6) is 0.427. The maximum absolute atomic E-state index is 13.1. The minimum Gasteiger partial charge on any atom is -0.380 e. The second-order valence-electron chi connectivity index (χ2n) is 18.4. The molecule has 9 rings (SSSR count). The summed E-state index contributed by atoms with van der Waals surface area (Å²) in [5.41, 5.74) is 9.21. The lowest BCUT2D eigenvalue weighted by Gasteiger charge is -2.40. The van der Waals surface area contributed by atoms with E-state index in [-0.39, 0.29) is 29.3 Å². The van der Waals surface area contributed by atoms with Crippen molar-refractivity contribution in [2.45, 2.75) is 65.0 Å². The molecule has 0 saturated carbocycles. The van der Waals surface area contributed by atoms with E-state index in [4.69, 9.17) is 14.2 Å². The average Bonchev–Trinajstić information content (AvgIpc) is 4.00. The van der Waals surface area contributed by atoms with Gasteiger partial charge in [0.1, 0.15) is 12.0 Å². The van der Waals surface area contributed by atoms with Gasteiger partial charge in [-0.05, 0) is 90.9 Å². The Bertz CT molecular complexity index is 2660. The number of aromatic nitrogens is 5. The second-order valence-corrected chi connectivity index (χ2v) is 18.4. The minimum absolute atomic E-state index is 0.0680. The number of carbonyl (C=O) groups excluding carboxylic acids is 3. The molecule has 0 spiro atoms. The number of hydrogen-bond acceptors (Lipinski definition) is 12. The third kappa shape index (κ3) is 9.59. The van der Waals surface area contributed by atoms with Gasteiger partial charge in [0.25, 0.3) is 0 Å². The highest BCUT2D eigenvalue weighted by Gasteiger charge is 2.28. The zero-order valence-electron chi connectivity index (χ0n) is 37.8. The predicted octanol–water partition coefficient (Wildman–Crippen LogP) is 7.09. The zero-order chi connectivity index (χ0) is 45.2. The predicted molar refractivity (Wildman–Crippen MR) is 250 cm³/mol. The molecule has 0 radical (unpaired) electrons. The SMILES string of the molecule is COCc1cc(-c2ncnc3[nH]c(-c4ccc(N5CCN(CC6CCN(c7ccc(N8CCC(=O)NC8=O)cc7)CC6)CC5)cc4)cc23)ccc1[C@@H](C)NC(=O)c1nc(C(C)(C)C)no1. The Morgan fingerprint density at radius 3 is 2.22 bits per heavy atom. The van der Waals surface area contributed by atoms with E-state index >= 15 is 0 Å². The lowest BCUT2D eigenvalue weighted by atomic mass is 9.95. The van der Waals surface area contributed by atoms with Crippen molar-refractivity contribution in [2.24, 2.45) is 5.92 Å². The van der Waals surface area contributed by atoms with Gasteiger partial charge in [0, 0.05) is 105 Å². The zero-order valence-corrected chi connectivity index (χ0v) is 37.8. The van der Waals surface area contributed by atoms with Gasteiger partial charge >= 0.3 is 17.8 Å². The molecule has 3 aromatic carbocycles. The van der Waals surface area contributed by atoms with Gasteiger partial charge in [0.2, 0.25) is 5.91 Å². The molecule has 16 heteroatoms. The summed E-state index contributed by atoms with van der Waals surface area (Å²) in [5, 5.41) is 10.3. The van der Waals surface area contributed by atoms with Gasteiger partial charge in [-0.1, -0.05) is 50.2 Å². The molecule has 6 heterocycles. The molecule has 0 unspecified atom stereocenters. The molecule has 3 aromatic heterocycles. The van der Waals surface area contributed by atoms with Crippen LogP contribution in [-0.4, -0.2) is 107 Å². The van der Waals surface area contributed by atoms with E-state index in [1.165, 1.54) is 11.4 Å². The Morgan fingerprint density at radius 2 is 1.54 bits per heavy atom. The van der Waals surface area contributed by atoms with Gasteiger partial charge in [-0.25, -0.2) is 14.8 Å². The first-order valence-electron chi connectivity index (χ1n) is 22.5. The molecular formula is C49H57N11O5. The molecular weight excluding hydrogens is 823 g/mol. The Labute approximate surface area is 378 Å². The molecule has 0 bridgehead atoms.